The highest BCUT2D eigenvalue weighted by molar-refractivity contribution is 6.33. The molecule has 0 fully saturated rings. The summed E-state index contributed by atoms with van der Waals surface area (Å²) in [5, 5.41) is 27.6. The van der Waals surface area contributed by atoms with E-state index >= 15 is 0 Å². The molecule has 1 aromatic rings. The molecule has 0 bridgehead atoms. The number of carbonyl (C=O) groups is 2. The molecule has 0 aliphatic heterocycles. The van der Waals surface area contributed by atoms with Crippen LogP contribution in [0.2, 0.25) is 0 Å². The Hall–Kier alpha value is -2.50. The quantitative estimate of drug-likeness (QED) is 0.338. The molecule has 10 nitrogen and oxygen atoms in total. The molecule has 1 rings (SSSR count). The minimum absolute atomic E-state index is 0.0667. The molecule has 0 aliphatic rings. The standard InChI is InChI=1S/C8H11BO5.C5H9NO4/c1-12-7-4-3-6(14-9(10)11)5-8(7)13-2;1-10-5(9)3-6-2-4(7)8/h3-5,10-11H,1-2H3;6H,2-3H2,1H3,(H,7,8). The second-order valence-corrected chi connectivity index (χ2v) is 4.03. The van der Waals surface area contributed by atoms with Crippen molar-refractivity contribution in [1.82, 2.24) is 5.32 Å². The van der Waals surface area contributed by atoms with Crippen LogP contribution in [-0.4, -0.2) is 68.8 Å². The van der Waals surface area contributed by atoms with E-state index in [2.05, 4.69) is 14.7 Å². The van der Waals surface area contributed by atoms with Gasteiger partial charge >= 0.3 is 19.3 Å². The topological polar surface area (TPSA) is 144 Å². The number of carboxylic acid groups (broad SMARTS) is 1. The highest BCUT2D eigenvalue weighted by Gasteiger charge is 2.13. The Morgan fingerprint density at radius 2 is 1.71 bits per heavy atom. The summed E-state index contributed by atoms with van der Waals surface area (Å²) in [5.41, 5.74) is 0. The van der Waals surface area contributed by atoms with E-state index in [0.717, 1.165) is 0 Å². The summed E-state index contributed by atoms with van der Waals surface area (Å²) in [6.45, 7) is -0.294. The second kappa shape index (κ2) is 12.0. The third-order valence-corrected chi connectivity index (χ3v) is 2.37. The van der Waals surface area contributed by atoms with Crippen molar-refractivity contribution < 1.29 is 43.6 Å². The predicted molar refractivity (Wildman–Crippen MR) is 82.9 cm³/mol. The van der Waals surface area contributed by atoms with Crippen LogP contribution in [0.3, 0.4) is 0 Å². The van der Waals surface area contributed by atoms with Gasteiger partial charge in [0.05, 0.1) is 34.4 Å². The molecule has 4 N–H and O–H groups in total. The first-order valence-electron chi connectivity index (χ1n) is 6.58. The fourth-order valence-electron chi connectivity index (χ4n) is 1.36. The highest BCUT2D eigenvalue weighted by Crippen LogP contribution is 2.30. The number of rotatable bonds is 8. The molecular weight excluding hydrogens is 325 g/mol. The minimum Gasteiger partial charge on any atom is -0.512 e. The Morgan fingerprint density at radius 1 is 1.08 bits per heavy atom. The monoisotopic (exact) mass is 345 g/mol. The maximum atomic E-state index is 10.3. The van der Waals surface area contributed by atoms with Crippen LogP contribution in [0.15, 0.2) is 18.2 Å². The van der Waals surface area contributed by atoms with Crippen molar-refractivity contribution in [3.05, 3.63) is 18.2 Å². The van der Waals surface area contributed by atoms with Crippen LogP contribution in [0, 0.1) is 0 Å². The first-order valence-corrected chi connectivity index (χ1v) is 6.58. The Kier molecular flexibility index (Phi) is 10.7. The van der Waals surface area contributed by atoms with Crippen LogP contribution >= 0.6 is 0 Å². The molecule has 0 saturated heterocycles. The maximum absolute atomic E-state index is 10.3. The summed E-state index contributed by atoms with van der Waals surface area (Å²) in [6, 6.07) is 4.65. The summed E-state index contributed by atoms with van der Waals surface area (Å²) >= 11 is 0. The molecule has 0 radical (unpaired) electrons. The molecule has 0 amide bonds. The number of ether oxygens (including phenoxy) is 3. The number of hydrogen-bond acceptors (Lipinski definition) is 9. The zero-order chi connectivity index (χ0) is 18.5. The van der Waals surface area contributed by atoms with E-state index < -0.39 is 19.3 Å². The molecule has 24 heavy (non-hydrogen) atoms. The Balaban J connectivity index is 0.000000470. The van der Waals surface area contributed by atoms with Gasteiger partial charge in [-0.2, -0.15) is 0 Å². The molecule has 0 aliphatic carbocycles. The van der Waals surface area contributed by atoms with E-state index in [4.69, 9.17) is 24.6 Å². The molecule has 0 spiro atoms. The molecule has 0 saturated carbocycles. The van der Waals surface area contributed by atoms with E-state index in [0.29, 0.717) is 11.5 Å². The smallest absolute Gasteiger partial charge is 0.512 e. The van der Waals surface area contributed by atoms with Crippen molar-refractivity contribution in [2.24, 2.45) is 0 Å². The largest absolute Gasteiger partial charge is 0.707 e. The summed E-state index contributed by atoms with van der Waals surface area (Å²) < 4.78 is 18.9. The van der Waals surface area contributed by atoms with Gasteiger partial charge < -0.3 is 34.0 Å². The van der Waals surface area contributed by atoms with Crippen LogP contribution in [0.5, 0.6) is 17.2 Å². The van der Waals surface area contributed by atoms with Gasteiger partial charge in [0.1, 0.15) is 5.75 Å². The fourth-order valence-corrected chi connectivity index (χ4v) is 1.36. The van der Waals surface area contributed by atoms with Gasteiger partial charge in [0, 0.05) is 6.07 Å². The van der Waals surface area contributed by atoms with Crippen LogP contribution in [0.4, 0.5) is 0 Å². The lowest BCUT2D eigenvalue weighted by molar-refractivity contribution is -0.140. The zero-order valence-electron chi connectivity index (χ0n) is 13.5. The number of carbonyl (C=O) groups excluding carboxylic acids is 1. The summed E-state index contributed by atoms with van der Waals surface area (Å²) in [5.74, 6) is -0.166. The van der Waals surface area contributed by atoms with Gasteiger partial charge in [-0.05, 0) is 12.1 Å². The van der Waals surface area contributed by atoms with E-state index in [-0.39, 0.29) is 18.8 Å². The van der Waals surface area contributed by atoms with Crippen LogP contribution in [-0.2, 0) is 14.3 Å². The summed E-state index contributed by atoms with van der Waals surface area (Å²) in [4.78, 5) is 20.2. The van der Waals surface area contributed by atoms with Gasteiger partial charge in [-0.3, -0.25) is 14.9 Å². The third-order valence-electron chi connectivity index (χ3n) is 2.37. The van der Waals surface area contributed by atoms with Crippen molar-refractivity contribution >= 4 is 19.3 Å². The molecule has 0 heterocycles. The normalized spacial score (nSPS) is 9.21. The average Bonchev–Trinajstić information content (AvgIpc) is 2.54. The van der Waals surface area contributed by atoms with Crippen molar-refractivity contribution in [2.75, 3.05) is 34.4 Å². The predicted octanol–water partition coefficient (Wildman–Crippen LogP) is -1.11. The van der Waals surface area contributed by atoms with Crippen LogP contribution < -0.4 is 19.4 Å². The van der Waals surface area contributed by atoms with Crippen molar-refractivity contribution in [1.29, 1.82) is 0 Å². The molecule has 0 aromatic heterocycles. The highest BCUT2D eigenvalue weighted by atomic mass is 16.6. The number of nitrogens with one attached hydrogen (secondary N) is 1. The number of hydrogen-bond donors (Lipinski definition) is 4. The lowest BCUT2D eigenvalue weighted by Gasteiger charge is -2.10. The van der Waals surface area contributed by atoms with Crippen molar-refractivity contribution in [3.8, 4) is 17.2 Å². The van der Waals surface area contributed by atoms with Gasteiger partial charge in [-0.1, -0.05) is 0 Å². The average molecular weight is 345 g/mol. The molecule has 11 heteroatoms. The van der Waals surface area contributed by atoms with Gasteiger partial charge in [0.15, 0.2) is 11.5 Å². The lowest BCUT2D eigenvalue weighted by atomic mass is 10.2. The van der Waals surface area contributed by atoms with E-state index in [9.17, 15) is 9.59 Å². The van der Waals surface area contributed by atoms with Gasteiger partial charge in [-0.25, -0.2) is 0 Å². The molecule has 1 aromatic carbocycles. The first kappa shape index (κ1) is 21.5. The summed E-state index contributed by atoms with van der Waals surface area (Å²) in [7, 11) is 2.40. The van der Waals surface area contributed by atoms with Crippen molar-refractivity contribution in [3.63, 3.8) is 0 Å². The zero-order valence-corrected chi connectivity index (χ0v) is 13.5. The molecule has 134 valence electrons. The van der Waals surface area contributed by atoms with Crippen LogP contribution in [0.25, 0.3) is 0 Å². The van der Waals surface area contributed by atoms with Gasteiger partial charge in [0.2, 0.25) is 0 Å². The molecular formula is C13H20BNO9. The van der Waals surface area contributed by atoms with Crippen molar-refractivity contribution in [2.45, 2.75) is 0 Å². The fraction of sp³-hybridized carbons (Fsp3) is 0.385. The van der Waals surface area contributed by atoms with Gasteiger partial charge in [-0.15, -0.1) is 0 Å². The number of benzene rings is 1. The number of methoxy groups -OCH3 is 3. The van der Waals surface area contributed by atoms with Crippen LogP contribution in [0.1, 0.15) is 0 Å². The Morgan fingerprint density at radius 3 is 2.17 bits per heavy atom. The maximum Gasteiger partial charge on any atom is 0.707 e. The first-order chi connectivity index (χ1) is 11.3. The Labute approximate surface area is 139 Å². The number of esters is 1. The third kappa shape index (κ3) is 9.51. The molecule has 0 atom stereocenters. The SMILES string of the molecule is COC(=O)CNCC(=O)O.COc1ccc(OB(O)O)cc1OC. The summed E-state index contributed by atoms with van der Waals surface area (Å²) in [6.07, 6.45) is 0. The number of carboxylic acids is 1. The molecule has 0 unspecified atom stereocenters. The van der Waals surface area contributed by atoms with E-state index in [1.165, 1.54) is 27.4 Å². The van der Waals surface area contributed by atoms with E-state index in [1.54, 1.807) is 12.1 Å². The minimum atomic E-state index is -1.84. The number of aliphatic carboxylic acids is 1. The lowest BCUT2D eigenvalue weighted by Crippen LogP contribution is -2.28. The Bertz CT molecular complexity index is 524. The second-order valence-electron chi connectivity index (χ2n) is 4.03. The van der Waals surface area contributed by atoms with Gasteiger partial charge in [0.25, 0.3) is 0 Å². The van der Waals surface area contributed by atoms with E-state index in [1.807, 2.05) is 0 Å².